The van der Waals surface area contributed by atoms with Gasteiger partial charge in [-0.15, -0.1) is 0 Å². The molecule has 0 aliphatic rings. The number of rotatable bonds is 7. The molecule has 0 fully saturated rings. The first-order valence-electron chi connectivity index (χ1n) is 9.14. The number of hydrogen-bond donors (Lipinski definition) is 1. The third-order valence-electron chi connectivity index (χ3n) is 4.47. The minimum absolute atomic E-state index is 0.0860. The van der Waals surface area contributed by atoms with Crippen molar-refractivity contribution in [2.75, 3.05) is 5.32 Å². The highest BCUT2D eigenvalue weighted by molar-refractivity contribution is 5.90. The second kappa shape index (κ2) is 7.96. The second-order valence-electron chi connectivity index (χ2n) is 6.54. The minimum Gasteiger partial charge on any atom is -0.408 e. The van der Waals surface area contributed by atoms with Crippen LogP contribution in [-0.2, 0) is 17.9 Å². The topological polar surface area (TPSA) is 82.1 Å². The number of hydrogen-bond acceptors (Lipinski definition) is 4. The van der Waals surface area contributed by atoms with Crippen LogP contribution in [0, 0.1) is 0 Å². The number of aromatic nitrogens is 3. The first-order valence-corrected chi connectivity index (χ1v) is 9.14. The highest BCUT2D eigenvalue weighted by Gasteiger charge is 2.09. The maximum Gasteiger partial charge on any atom is 0.419 e. The zero-order valence-corrected chi connectivity index (χ0v) is 15.2. The quantitative estimate of drug-likeness (QED) is 0.537. The van der Waals surface area contributed by atoms with Crippen LogP contribution < -0.4 is 11.1 Å². The number of fused-ring (bicyclic) bond motifs is 1. The van der Waals surface area contributed by atoms with Gasteiger partial charge in [-0.3, -0.25) is 14.0 Å². The smallest absolute Gasteiger partial charge is 0.408 e. The maximum atomic E-state index is 12.3. The average Bonchev–Trinajstić information content (AvgIpc) is 3.30. The Labute approximate surface area is 161 Å². The molecule has 142 valence electrons. The summed E-state index contributed by atoms with van der Waals surface area (Å²) in [5.41, 5.74) is 3.11. The van der Waals surface area contributed by atoms with Crippen LogP contribution in [0.5, 0.6) is 0 Å². The molecule has 1 amide bonds. The molecule has 7 heteroatoms. The SMILES string of the molecule is O=C(CCCn1c(=O)oc2ccccc21)Nc1cccc(Cn2cccn2)c1. The predicted octanol–water partition coefficient (Wildman–Crippen LogP) is 3.26. The predicted molar refractivity (Wildman–Crippen MR) is 106 cm³/mol. The Bertz CT molecular complexity index is 1140. The van der Waals surface area contributed by atoms with Crippen molar-refractivity contribution in [3.63, 3.8) is 0 Å². The zero-order chi connectivity index (χ0) is 19.3. The van der Waals surface area contributed by atoms with Crippen LogP contribution in [0.25, 0.3) is 11.1 Å². The van der Waals surface area contributed by atoms with E-state index in [1.54, 1.807) is 16.8 Å². The number of oxazole rings is 1. The minimum atomic E-state index is -0.395. The van der Waals surface area contributed by atoms with E-state index in [4.69, 9.17) is 4.42 Å². The molecule has 28 heavy (non-hydrogen) atoms. The molecule has 7 nitrogen and oxygen atoms in total. The Kier molecular flexibility index (Phi) is 5.05. The van der Waals surface area contributed by atoms with Gasteiger partial charge in [0.1, 0.15) is 0 Å². The van der Waals surface area contributed by atoms with E-state index in [9.17, 15) is 9.59 Å². The van der Waals surface area contributed by atoms with Crippen molar-refractivity contribution in [2.45, 2.75) is 25.9 Å². The van der Waals surface area contributed by atoms with Gasteiger partial charge in [-0.1, -0.05) is 24.3 Å². The van der Waals surface area contributed by atoms with Gasteiger partial charge in [0.05, 0.1) is 12.1 Å². The highest BCUT2D eigenvalue weighted by atomic mass is 16.4. The molecule has 0 bridgehead atoms. The first-order chi connectivity index (χ1) is 13.7. The molecular formula is C21H20N4O3. The van der Waals surface area contributed by atoms with Crippen molar-refractivity contribution < 1.29 is 9.21 Å². The molecule has 4 rings (SSSR count). The molecule has 0 aliphatic carbocycles. The number of anilines is 1. The molecule has 0 atom stereocenters. The molecular weight excluding hydrogens is 356 g/mol. The highest BCUT2D eigenvalue weighted by Crippen LogP contribution is 2.14. The van der Waals surface area contributed by atoms with Crippen LogP contribution in [0.4, 0.5) is 5.69 Å². The molecule has 2 heterocycles. The van der Waals surface area contributed by atoms with E-state index in [1.165, 1.54) is 0 Å². The summed E-state index contributed by atoms with van der Waals surface area (Å²) >= 11 is 0. The van der Waals surface area contributed by atoms with Crippen molar-refractivity contribution in [3.8, 4) is 0 Å². The molecule has 0 saturated heterocycles. The number of nitrogens with one attached hydrogen (secondary N) is 1. The molecule has 2 aromatic heterocycles. The van der Waals surface area contributed by atoms with Crippen LogP contribution in [0.1, 0.15) is 18.4 Å². The van der Waals surface area contributed by atoms with Crippen LogP contribution in [-0.4, -0.2) is 20.3 Å². The number of benzene rings is 2. The van der Waals surface area contributed by atoms with Crippen molar-refractivity contribution in [1.82, 2.24) is 14.3 Å². The number of carbonyl (C=O) groups excluding carboxylic acids is 1. The van der Waals surface area contributed by atoms with Gasteiger partial charge < -0.3 is 9.73 Å². The van der Waals surface area contributed by atoms with Gasteiger partial charge in [0.2, 0.25) is 5.91 Å². The zero-order valence-electron chi connectivity index (χ0n) is 15.2. The van der Waals surface area contributed by atoms with E-state index in [0.717, 1.165) is 16.8 Å². The Hall–Kier alpha value is -3.61. The van der Waals surface area contributed by atoms with Crippen LogP contribution >= 0.6 is 0 Å². The number of nitrogens with zero attached hydrogens (tertiary/aromatic N) is 3. The Balaban J connectivity index is 1.33. The lowest BCUT2D eigenvalue weighted by Crippen LogP contribution is -2.17. The average molecular weight is 376 g/mol. The number of carbonyl (C=O) groups is 1. The van der Waals surface area contributed by atoms with E-state index in [0.29, 0.717) is 31.5 Å². The molecule has 0 saturated carbocycles. The van der Waals surface area contributed by atoms with Crippen molar-refractivity contribution in [3.05, 3.63) is 83.1 Å². The lowest BCUT2D eigenvalue weighted by molar-refractivity contribution is -0.116. The van der Waals surface area contributed by atoms with Gasteiger partial charge in [-0.05, 0) is 42.3 Å². The lowest BCUT2D eigenvalue weighted by Gasteiger charge is -2.08. The van der Waals surface area contributed by atoms with Crippen LogP contribution in [0.2, 0.25) is 0 Å². The van der Waals surface area contributed by atoms with Crippen LogP contribution in [0.15, 0.2) is 76.2 Å². The fourth-order valence-corrected chi connectivity index (χ4v) is 3.18. The Morgan fingerprint density at radius 3 is 2.86 bits per heavy atom. The molecule has 0 aliphatic heterocycles. The van der Waals surface area contributed by atoms with Gasteiger partial charge in [-0.25, -0.2) is 4.79 Å². The largest absolute Gasteiger partial charge is 0.419 e. The molecule has 0 unspecified atom stereocenters. The van der Waals surface area contributed by atoms with Gasteiger partial charge >= 0.3 is 5.76 Å². The standard InChI is InChI=1S/C21H20N4O3/c26-20(10-4-13-25-18-8-1-2-9-19(18)28-21(25)27)23-17-7-3-6-16(14-17)15-24-12-5-11-22-24/h1-3,5-9,11-12,14H,4,10,13,15H2,(H,23,26). The Morgan fingerprint density at radius 2 is 2.00 bits per heavy atom. The summed E-state index contributed by atoms with van der Waals surface area (Å²) in [5.74, 6) is -0.481. The number of aryl methyl sites for hydroxylation is 1. The van der Waals surface area contributed by atoms with E-state index >= 15 is 0 Å². The van der Waals surface area contributed by atoms with Crippen molar-refractivity contribution in [2.24, 2.45) is 0 Å². The van der Waals surface area contributed by atoms with Gasteiger partial charge in [0, 0.05) is 31.0 Å². The van der Waals surface area contributed by atoms with Crippen molar-refractivity contribution >= 4 is 22.7 Å². The van der Waals surface area contributed by atoms with Gasteiger partial charge in [0.15, 0.2) is 5.58 Å². The molecule has 2 aromatic carbocycles. The fourth-order valence-electron chi connectivity index (χ4n) is 3.18. The normalized spacial score (nSPS) is 11.0. The lowest BCUT2D eigenvalue weighted by atomic mass is 10.2. The van der Waals surface area contributed by atoms with E-state index < -0.39 is 5.76 Å². The van der Waals surface area contributed by atoms with Gasteiger partial charge in [-0.2, -0.15) is 5.10 Å². The summed E-state index contributed by atoms with van der Waals surface area (Å²) in [6.07, 6.45) is 4.49. The number of amides is 1. The monoisotopic (exact) mass is 376 g/mol. The van der Waals surface area contributed by atoms with Crippen molar-refractivity contribution in [1.29, 1.82) is 0 Å². The summed E-state index contributed by atoms with van der Waals surface area (Å²) in [5, 5.41) is 7.10. The fraction of sp³-hybridized carbons (Fsp3) is 0.190. The molecule has 1 N–H and O–H groups in total. The third-order valence-corrected chi connectivity index (χ3v) is 4.47. The van der Waals surface area contributed by atoms with E-state index in [-0.39, 0.29) is 5.91 Å². The molecule has 4 aromatic rings. The third kappa shape index (κ3) is 4.03. The molecule has 0 spiro atoms. The molecule has 0 radical (unpaired) electrons. The summed E-state index contributed by atoms with van der Waals surface area (Å²) in [6, 6.07) is 16.9. The Morgan fingerprint density at radius 1 is 1.11 bits per heavy atom. The summed E-state index contributed by atoms with van der Waals surface area (Å²) < 4.78 is 8.60. The summed E-state index contributed by atoms with van der Waals surface area (Å²) in [6.45, 7) is 1.08. The second-order valence-corrected chi connectivity index (χ2v) is 6.54. The summed E-state index contributed by atoms with van der Waals surface area (Å²) in [4.78, 5) is 24.2. The van der Waals surface area contributed by atoms with Crippen LogP contribution in [0.3, 0.4) is 0 Å². The first kappa shape index (κ1) is 17.8. The van der Waals surface area contributed by atoms with E-state index in [1.807, 2.05) is 59.4 Å². The number of para-hydroxylation sites is 2. The van der Waals surface area contributed by atoms with E-state index in [2.05, 4.69) is 10.4 Å². The summed E-state index contributed by atoms with van der Waals surface area (Å²) in [7, 11) is 0. The van der Waals surface area contributed by atoms with Gasteiger partial charge in [0.25, 0.3) is 0 Å². The maximum absolute atomic E-state index is 12.3.